The Morgan fingerprint density at radius 1 is 1.16 bits per heavy atom. The maximum atomic E-state index is 13.2. The minimum atomic E-state index is -5.03. The minimum absolute atomic E-state index is 0.0668. The molecular weight excluding hydrogens is 437 g/mol. The van der Waals surface area contributed by atoms with Crippen molar-refractivity contribution >= 4 is 26.9 Å². The molecule has 0 saturated heterocycles. The van der Waals surface area contributed by atoms with Gasteiger partial charge in [0.05, 0.1) is 12.7 Å². The van der Waals surface area contributed by atoms with Crippen LogP contribution in [0.5, 0.6) is 5.75 Å². The summed E-state index contributed by atoms with van der Waals surface area (Å²) < 4.78 is 74.3. The highest BCUT2D eigenvalue weighted by Crippen LogP contribution is 2.35. The topological polar surface area (TPSA) is 88.7 Å². The summed E-state index contributed by atoms with van der Waals surface area (Å²) in [6, 6.07) is 9.54. The maximum absolute atomic E-state index is 13.2. The molecule has 164 valence electrons. The van der Waals surface area contributed by atoms with Crippen LogP contribution < -0.4 is 4.74 Å². The van der Waals surface area contributed by atoms with Gasteiger partial charge in [-0.15, -0.1) is 13.2 Å². The summed E-state index contributed by atoms with van der Waals surface area (Å²) in [6.45, 7) is 0.00894. The van der Waals surface area contributed by atoms with Gasteiger partial charge >= 0.3 is 12.3 Å². The monoisotopic (exact) mass is 454 g/mol. The first-order chi connectivity index (χ1) is 14.6. The molecule has 0 amide bonds. The lowest BCUT2D eigenvalue weighted by molar-refractivity contribution is -0.275. The number of alkyl halides is 3. The molecule has 0 radical (unpaired) electrons. The highest BCUT2D eigenvalue weighted by atomic mass is 32.2. The Balaban J connectivity index is 1.72. The van der Waals surface area contributed by atoms with Crippen molar-refractivity contribution in [3.05, 3.63) is 59.3 Å². The molecule has 31 heavy (non-hydrogen) atoms. The van der Waals surface area contributed by atoms with E-state index in [4.69, 9.17) is 4.74 Å². The summed E-state index contributed by atoms with van der Waals surface area (Å²) in [7, 11) is -3.02. The number of hydrogen-bond donors (Lipinski definition) is 1. The number of ether oxygens (including phenoxy) is 2. The largest absolute Gasteiger partial charge is 0.573 e. The summed E-state index contributed by atoms with van der Waals surface area (Å²) >= 11 is 0. The number of methoxy groups -OCH3 is 1. The summed E-state index contributed by atoms with van der Waals surface area (Å²) in [5, 5.41) is 0.651. The number of hydrogen-bond acceptors (Lipinski definition) is 5. The van der Waals surface area contributed by atoms with Gasteiger partial charge in [0, 0.05) is 36.1 Å². The number of fused-ring (bicyclic) bond motifs is 3. The van der Waals surface area contributed by atoms with Crippen molar-refractivity contribution in [2.75, 3.05) is 13.7 Å². The van der Waals surface area contributed by atoms with Crippen LogP contribution in [0, 0.1) is 0 Å². The van der Waals surface area contributed by atoms with Crippen molar-refractivity contribution < 1.29 is 35.9 Å². The van der Waals surface area contributed by atoms with Crippen LogP contribution >= 0.6 is 0 Å². The molecular formula is C20H17F3N2O5S. The second kappa shape index (κ2) is 7.57. The molecule has 0 fully saturated rings. The highest BCUT2D eigenvalue weighted by molar-refractivity contribution is 7.89. The van der Waals surface area contributed by atoms with Crippen LogP contribution in [0.1, 0.15) is 21.6 Å². The smallest absolute Gasteiger partial charge is 0.465 e. The third-order valence-corrected chi connectivity index (χ3v) is 6.94. The van der Waals surface area contributed by atoms with E-state index in [-0.39, 0.29) is 13.1 Å². The Morgan fingerprint density at radius 2 is 1.90 bits per heavy atom. The summed E-state index contributed by atoms with van der Waals surface area (Å²) in [6.07, 6.45) is -4.69. The normalized spacial score (nSPS) is 15.0. The molecule has 3 aromatic rings. The molecule has 1 N–H and O–H groups in total. The number of sulfonamides is 1. The standard InChI is InChI=1S/C20H17F3N2O5S/c1-29-19(26)12-6-7-15-13(10-12)14-11-25(9-8-16(14)24-15)31(27,28)18-5-3-2-4-17(18)30-20(21,22)23/h2-7,10,24H,8-9,11H2,1H3. The van der Waals surface area contributed by atoms with Crippen molar-refractivity contribution in [3.63, 3.8) is 0 Å². The van der Waals surface area contributed by atoms with Crippen LogP contribution in [0.3, 0.4) is 0 Å². The zero-order valence-electron chi connectivity index (χ0n) is 16.2. The van der Waals surface area contributed by atoms with Gasteiger partial charge in [-0.2, -0.15) is 4.31 Å². The second-order valence-corrected chi connectivity index (χ2v) is 8.82. The van der Waals surface area contributed by atoms with Crippen LogP contribution in [-0.2, 0) is 27.7 Å². The molecule has 1 aliphatic rings. The van der Waals surface area contributed by atoms with Gasteiger partial charge in [-0.1, -0.05) is 12.1 Å². The van der Waals surface area contributed by atoms with Crippen LogP contribution in [0.2, 0.25) is 0 Å². The molecule has 2 heterocycles. The molecule has 0 aliphatic carbocycles. The third kappa shape index (κ3) is 3.98. The Hall–Kier alpha value is -3.05. The number of carbonyl (C=O) groups excluding carboxylic acids is 1. The van der Waals surface area contributed by atoms with Crippen molar-refractivity contribution in [1.29, 1.82) is 0 Å². The molecule has 7 nitrogen and oxygen atoms in total. The minimum Gasteiger partial charge on any atom is -0.465 e. The fourth-order valence-corrected chi connectivity index (χ4v) is 5.17. The van der Waals surface area contributed by atoms with Gasteiger partial charge in [0.15, 0.2) is 0 Å². The molecule has 1 aliphatic heterocycles. The molecule has 0 bridgehead atoms. The van der Waals surface area contributed by atoms with Crippen molar-refractivity contribution in [3.8, 4) is 5.75 Å². The van der Waals surface area contributed by atoms with Crippen LogP contribution in [0.25, 0.3) is 10.9 Å². The predicted octanol–water partition coefficient (Wildman–Crippen LogP) is 3.60. The molecule has 0 spiro atoms. The van der Waals surface area contributed by atoms with E-state index in [1.165, 1.54) is 19.2 Å². The van der Waals surface area contributed by atoms with E-state index < -0.39 is 33.0 Å². The fraction of sp³-hybridized carbons (Fsp3) is 0.250. The highest BCUT2D eigenvalue weighted by Gasteiger charge is 2.37. The number of esters is 1. The van der Waals surface area contributed by atoms with Crippen LogP contribution in [0.15, 0.2) is 47.4 Å². The number of halogens is 3. The van der Waals surface area contributed by atoms with E-state index in [1.807, 2.05) is 0 Å². The second-order valence-electron chi connectivity index (χ2n) is 6.92. The first-order valence-electron chi connectivity index (χ1n) is 9.17. The number of nitrogens with zero attached hydrogens (tertiary/aromatic N) is 1. The molecule has 11 heteroatoms. The number of carbonyl (C=O) groups is 1. The molecule has 0 atom stereocenters. The van der Waals surface area contributed by atoms with E-state index in [9.17, 15) is 26.4 Å². The average molecular weight is 454 g/mol. The van der Waals surface area contributed by atoms with E-state index in [1.54, 1.807) is 18.2 Å². The first-order valence-corrected chi connectivity index (χ1v) is 10.6. The van der Waals surface area contributed by atoms with Gasteiger partial charge in [0.2, 0.25) is 10.0 Å². The zero-order chi connectivity index (χ0) is 22.4. The van der Waals surface area contributed by atoms with Crippen molar-refractivity contribution in [2.24, 2.45) is 0 Å². The van der Waals surface area contributed by atoms with Gasteiger partial charge in [0.1, 0.15) is 10.6 Å². The van der Waals surface area contributed by atoms with Gasteiger partial charge in [-0.3, -0.25) is 0 Å². The van der Waals surface area contributed by atoms with E-state index in [2.05, 4.69) is 9.72 Å². The lowest BCUT2D eigenvalue weighted by Crippen LogP contribution is -2.36. The van der Waals surface area contributed by atoms with Gasteiger partial charge in [-0.25, -0.2) is 13.2 Å². The Bertz CT molecular complexity index is 1270. The number of aromatic amines is 1. The van der Waals surface area contributed by atoms with Crippen molar-refractivity contribution in [1.82, 2.24) is 9.29 Å². The van der Waals surface area contributed by atoms with Gasteiger partial charge in [-0.05, 0) is 35.9 Å². The lowest BCUT2D eigenvalue weighted by Gasteiger charge is -2.27. The average Bonchev–Trinajstić information content (AvgIpc) is 3.09. The van der Waals surface area contributed by atoms with E-state index >= 15 is 0 Å². The van der Waals surface area contributed by atoms with Crippen molar-refractivity contribution in [2.45, 2.75) is 24.2 Å². The zero-order valence-corrected chi connectivity index (χ0v) is 17.0. The number of nitrogens with one attached hydrogen (secondary N) is 1. The summed E-state index contributed by atoms with van der Waals surface area (Å²) in [5.74, 6) is -1.32. The molecule has 2 aromatic carbocycles. The third-order valence-electron chi connectivity index (χ3n) is 5.05. The maximum Gasteiger partial charge on any atom is 0.573 e. The van der Waals surface area contributed by atoms with E-state index in [0.29, 0.717) is 22.9 Å². The summed E-state index contributed by atoms with van der Waals surface area (Å²) in [4.78, 5) is 14.5. The molecule has 0 saturated carbocycles. The van der Waals surface area contributed by atoms with Gasteiger partial charge in [0.25, 0.3) is 0 Å². The SMILES string of the molecule is COC(=O)c1ccc2[nH]c3c(c2c1)CN(S(=O)(=O)c1ccccc1OC(F)(F)F)CC3. The fourth-order valence-electron chi connectivity index (χ4n) is 3.65. The van der Waals surface area contributed by atoms with E-state index in [0.717, 1.165) is 27.6 Å². The van der Waals surface area contributed by atoms with Crippen LogP contribution in [-0.4, -0.2) is 43.7 Å². The van der Waals surface area contributed by atoms with Gasteiger partial charge < -0.3 is 14.5 Å². The molecule has 4 rings (SSSR count). The van der Waals surface area contributed by atoms with Crippen LogP contribution in [0.4, 0.5) is 13.2 Å². The lowest BCUT2D eigenvalue weighted by atomic mass is 10.0. The Kier molecular flexibility index (Phi) is 5.18. The number of aromatic nitrogens is 1. The number of para-hydroxylation sites is 1. The number of rotatable bonds is 4. The first kappa shape index (κ1) is 21.2. The predicted molar refractivity (Wildman–Crippen MR) is 104 cm³/mol. The number of benzene rings is 2. The summed E-state index contributed by atoms with van der Waals surface area (Å²) in [5.41, 5.74) is 2.49. The molecule has 1 aromatic heterocycles. The number of H-pyrrole nitrogens is 1. The molecule has 0 unspecified atom stereocenters. The quantitative estimate of drug-likeness (QED) is 0.609. The Morgan fingerprint density at radius 3 is 2.61 bits per heavy atom. The Labute approximate surface area is 175 Å².